The monoisotopic (exact) mass is 1190 g/mol. The van der Waals surface area contributed by atoms with Gasteiger partial charge in [0, 0.05) is 6.42 Å². The Morgan fingerprint density at radius 2 is 0.733 bits per heavy atom. The van der Waals surface area contributed by atoms with E-state index in [4.69, 9.17) is 9.47 Å². The molecule has 1 saturated heterocycles. The molecule has 1 aliphatic rings. The predicted octanol–water partition coefficient (Wildman–Crippen LogP) is 18.9. The third-order valence-corrected chi connectivity index (χ3v) is 15.0. The van der Waals surface area contributed by atoms with Crippen molar-refractivity contribution < 1.29 is 39.8 Å². The molecule has 9 nitrogen and oxygen atoms in total. The summed E-state index contributed by atoms with van der Waals surface area (Å²) in [5, 5.41) is 54.7. The molecule has 0 saturated carbocycles. The van der Waals surface area contributed by atoms with E-state index in [2.05, 4.69) is 177 Å². The molecule has 86 heavy (non-hydrogen) atoms. The van der Waals surface area contributed by atoms with Gasteiger partial charge >= 0.3 is 0 Å². The van der Waals surface area contributed by atoms with Gasteiger partial charge in [-0.05, 0) is 128 Å². The molecular weight excluding hydrogens is 1070 g/mol. The Morgan fingerprint density at radius 3 is 1.12 bits per heavy atom. The Balaban J connectivity index is 2.25. The molecule has 0 aromatic heterocycles. The number of hydrogen-bond acceptors (Lipinski definition) is 8. The third kappa shape index (κ3) is 51.6. The van der Waals surface area contributed by atoms with Gasteiger partial charge in [0.25, 0.3) is 0 Å². The number of carbonyl (C=O) groups is 1. The lowest BCUT2D eigenvalue weighted by molar-refractivity contribution is -0.302. The van der Waals surface area contributed by atoms with Gasteiger partial charge in [0.1, 0.15) is 24.4 Å². The van der Waals surface area contributed by atoms with Crippen molar-refractivity contribution in [1.82, 2.24) is 5.32 Å². The first-order valence-corrected chi connectivity index (χ1v) is 34.4. The van der Waals surface area contributed by atoms with Gasteiger partial charge in [-0.1, -0.05) is 287 Å². The van der Waals surface area contributed by atoms with Gasteiger partial charge in [-0.3, -0.25) is 4.79 Å². The summed E-state index contributed by atoms with van der Waals surface area (Å²) >= 11 is 0. The summed E-state index contributed by atoms with van der Waals surface area (Å²) in [6.45, 7) is 3.63. The smallest absolute Gasteiger partial charge is 0.220 e. The SMILES string of the molecule is CC/C=C\C/C=C\C/C=C\C/C=C\C/C=C\C/C=C\C/C=C\C/C=C\C/C=C\C/C=C\C/C=C\CCCCCC(=O)NC(COC1OC(CO)C(O)C(O)C1O)C(O)/C=C/CC/C=C/CC/C=C/CCCCCCCCCCCCCCCCCC. The summed E-state index contributed by atoms with van der Waals surface area (Å²) in [5.41, 5.74) is 0. The van der Waals surface area contributed by atoms with Crippen LogP contribution in [0.4, 0.5) is 0 Å². The van der Waals surface area contributed by atoms with E-state index in [1.165, 1.54) is 103 Å². The highest BCUT2D eigenvalue weighted by atomic mass is 16.7. The number of hydrogen-bond donors (Lipinski definition) is 6. The van der Waals surface area contributed by atoms with E-state index < -0.39 is 49.5 Å². The van der Waals surface area contributed by atoms with Crippen LogP contribution in [0.1, 0.15) is 251 Å². The standard InChI is InChI=1S/C77H125NO8/c1-3-5-7-9-11-13-15-17-19-21-23-25-27-29-31-32-33-34-35-36-37-38-39-40-41-43-45-47-49-51-53-55-57-59-61-63-65-67-73(81)78-70(69-85-77-76(84)75(83)74(82)72(68-79)86-77)71(80)66-64-62-60-58-56-54-52-50-48-46-44-42-30-28-26-24-22-20-18-16-14-12-10-8-6-4-2/h5,7,11,13,17,19,23,25,29,31,33-34,36-37,39-40,43,45,48-51,55-58,64,66,70-72,74-77,79-80,82-84H,3-4,6,8-10,12,14-16,18,20-22,24,26-28,30,32,35,38,41-42,44,46-47,52-54,59-63,65,67-69H2,1-2H3,(H,78,81)/b7-5-,13-11-,19-17-,25-23-,31-29-,34-33-,37-36-,40-39-,45-43-,50-48+,51-49-,57-55-,58-56+,66-64+. The zero-order valence-electron chi connectivity index (χ0n) is 54.2. The molecule has 0 bridgehead atoms. The number of nitrogens with one attached hydrogen (secondary N) is 1. The zero-order valence-corrected chi connectivity index (χ0v) is 54.2. The molecule has 1 amide bonds. The number of aliphatic hydroxyl groups is 5. The van der Waals surface area contributed by atoms with Crippen molar-refractivity contribution in [3.8, 4) is 0 Å². The summed E-state index contributed by atoms with van der Waals surface area (Å²) in [6, 6.07) is -0.861. The summed E-state index contributed by atoms with van der Waals surface area (Å²) < 4.78 is 11.3. The molecule has 1 aliphatic heterocycles. The minimum atomic E-state index is -1.59. The fourth-order valence-corrected chi connectivity index (χ4v) is 9.66. The lowest BCUT2D eigenvalue weighted by Gasteiger charge is -2.40. The molecule has 7 unspecified atom stereocenters. The van der Waals surface area contributed by atoms with Gasteiger partial charge in [0.05, 0.1) is 25.4 Å². The highest BCUT2D eigenvalue weighted by Crippen LogP contribution is 2.23. The van der Waals surface area contributed by atoms with Crippen molar-refractivity contribution in [3.05, 3.63) is 170 Å². The number of rotatable bonds is 57. The van der Waals surface area contributed by atoms with Gasteiger partial charge in [0.2, 0.25) is 5.91 Å². The third-order valence-electron chi connectivity index (χ3n) is 15.0. The molecule has 1 rings (SSSR count). The predicted molar refractivity (Wildman–Crippen MR) is 368 cm³/mol. The second kappa shape index (κ2) is 63.6. The quantitative estimate of drug-likeness (QED) is 0.0261. The van der Waals surface area contributed by atoms with E-state index in [-0.39, 0.29) is 18.9 Å². The normalized spacial score (nSPS) is 19.2. The number of aliphatic hydroxyl groups excluding tert-OH is 5. The summed E-state index contributed by atoms with van der Waals surface area (Å²) in [7, 11) is 0. The van der Waals surface area contributed by atoms with E-state index in [9.17, 15) is 30.3 Å². The van der Waals surface area contributed by atoms with Crippen LogP contribution in [0.3, 0.4) is 0 Å². The van der Waals surface area contributed by atoms with Crippen LogP contribution >= 0.6 is 0 Å². The number of unbranched alkanes of at least 4 members (excludes halogenated alkanes) is 21. The maximum absolute atomic E-state index is 13.1. The fraction of sp³-hybridized carbons (Fsp3) is 0.623. The topological polar surface area (TPSA) is 149 Å². The molecule has 9 heteroatoms. The first-order valence-electron chi connectivity index (χ1n) is 34.4. The van der Waals surface area contributed by atoms with Crippen molar-refractivity contribution in [2.45, 2.75) is 294 Å². The Hall–Kier alpha value is -4.45. The van der Waals surface area contributed by atoms with Crippen molar-refractivity contribution in [1.29, 1.82) is 0 Å². The first kappa shape index (κ1) is 79.6. The van der Waals surface area contributed by atoms with Gasteiger partial charge in [-0.15, -0.1) is 0 Å². The molecular formula is C77H125NO8. The minimum absolute atomic E-state index is 0.229. The summed E-state index contributed by atoms with van der Waals surface area (Å²) in [5.74, 6) is -0.229. The van der Waals surface area contributed by atoms with Crippen LogP contribution in [0.5, 0.6) is 0 Å². The summed E-state index contributed by atoms with van der Waals surface area (Å²) in [6.07, 6.45) is 94.4. The van der Waals surface area contributed by atoms with Crippen LogP contribution in [0.25, 0.3) is 0 Å². The van der Waals surface area contributed by atoms with Crippen molar-refractivity contribution >= 4 is 5.91 Å². The van der Waals surface area contributed by atoms with Gasteiger partial charge < -0.3 is 40.3 Å². The fourth-order valence-electron chi connectivity index (χ4n) is 9.66. The van der Waals surface area contributed by atoms with Crippen LogP contribution < -0.4 is 5.32 Å². The van der Waals surface area contributed by atoms with E-state index in [0.29, 0.717) is 12.8 Å². The second-order valence-electron chi connectivity index (χ2n) is 22.9. The first-order chi connectivity index (χ1) is 42.3. The van der Waals surface area contributed by atoms with E-state index in [1.807, 2.05) is 6.08 Å². The molecule has 1 fully saturated rings. The van der Waals surface area contributed by atoms with Gasteiger partial charge in [-0.2, -0.15) is 0 Å². The Bertz CT molecular complexity index is 1960. The lowest BCUT2D eigenvalue weighted by atomic mass is 9.99. The zero-order chi connectivity index (χ0) is 62.1. The molecule has 7 atom stereocenters. The van der Waals surface area contributed by atoms with E-state index in [1.54, 1.807) is 6.08 Å². The van der Waals surface area contributed by atoms with Crippen molar-refractivity contribution in [2.24, 2.45) is 0 Å². The van der Waals surface area contributed by atoms with Crippen molar-refractivity contribution in [2.75, 3.05) is 13.2 Å². The maximum Gasteiger partial charge on any atom is 0.220 e. The van der Waals surface area contributed by atoms with E-state index >= 15 is 0 Å². The van der Waals surface area contributed by atoms with Crippen molar-refractivity contribution in [3.63, 3.8) is 0 Å². The molecule has 0 aliphatic carbocycles. The van der Waals surface area contributed by atoms with Crippen LogP contribution in [0.15, 0.2) is 170 Å². The summed E-state index contributed by atoms with van der Waals surface area (Å²) in [4.78, 5) is 13.1. The molecule has 1 heterocycles. The van der Waals surface area contributed by atoms with E-state index in [0.717, 1.165) is 116 Å². The second-order valence-corrected chi connectivity index (χ2v) is 22.9. The highest BCUT2D eigenvalue weighted by molar-refractivity contribution is 5.76. The lowest BCUT2D eigenvalue weighted by Crippen LogP contribution is -2.60. The number of ether oxygens (including phenoxy) is 2. The molecule has 0 aromatic carbocycles. The van der Waals surface area contributed by atoms with Crippen LogP contribution in [0, 0.1) is 0 Å². The molecule has 486 valence electrons. The average Bonchev–Trinajstić information content (AvgIpc) is 2.44. The Morgan fingerprint density at radius 1 is 0.407 bits per heavy atom. The molecule has 6 N–H and O–H groups in total. The minimum Gasteiger partial charge on any atom is -0.394 e. The van der Waals surface area contributed by atoms with Crippen LogP contribution in [-0.2, 0) is 14.3 Å². The Kier molecular flexibility index (Phi) is 58.8. The van der Waals surface area contributed by atoms with Crippen LogP contribution in [-0.4, -0.2) is 87.5 Å². The Labute approximate surface area is 526 Å². The van der Waals surface area contributed by atoms with Crippen LogP contribution in [0.2, 0.25) is 0 Å². The largest absolute Gasteiger partial charge is 0.394 e. The average molecular weight is 1190 g/mol. The number of amides is 1. The van der Waals surface area contributed by atoms with Gasteiger partial charge in [-0.25, -0.2) is 0 Å². The maximum atomic E-state index is 13.1. The molecule has 0 spiro atoms. The molecule has 0 radical (unpaired) electrons. The number of carbonyl (C=O) groups excluding carboxylic acids is 1. The van der Waals surface area contributed by atoms with Gasteiger partial charge in [0.15, 0.2) is 6.29 Å². The molecule has 0 aromatic rings. The highest BCUT2D eigenvalue weighted by Gasteiger charge is 2.44. The number of allylic oxidation sites excluding steroid dienone is 27.